The molecule has 0 spiro atoms. The van der Waals surface area contributed by atoms with Crippen LogP contribution in [0.15, 0.2) is 35.7 Å². The summed E-state index contributed by atoms with van der Waals surface area (Å²) in [7, 11) is 1.44. The van der Waals surface area contributed by atoms with Crippen molar-refractivity contribution in [3.8, 4) is 5.75 Å². The quantitative estimate of drug-likeness (QED) is 0.861. The fourth-order valence-corrected chi connectivity index (χ4v) is 2.73. The molecule has 20 heavy (non-hydrogen) atoms. The molecule has 1 heterocycles. The number of hydrogen-bond acceptors (Lipinski definition) is 4. The van der Waals surface area contributed by atoms with Gasteiger partial charge in [0, 0.05) is 18.0 Å². The van der Waals surface area contributed by atoms with Crippen molar-refractivity contribution in [2.45, 2.75) is 19.1 Å². The number of nitrogens with one attached hydrogen (secondary N) is 1. The van der Waals surface area contributed by atoms with Gasteiger partial charge in [-0.15, -0.1) is 11.3 Å². The van der Waals surface area contributed by atoms with Gasteiger partial charge < -0.3 is 15.2 Å². The van der Waals surface area contributed by atoms with Crippen LogP contribution in [0.3, 0.4) is 0 Å². The molecule has 0 radical (unpaired) electrons. The molecule has 0 saturated heterocycles. The molecule has 2 rings (SSSR count). The van der Waals surface area contributed by atoms with E-state index >= 15 is 0 Å². The first-order chi connectivity index (χ1) is 9.53. The van der Waals surface area contributed by atoms with Gasteiger partial charge in [0.1, 0.15) is 5.60 Å². The zero-order valence-corrected chi connectivity index (χ0v) is 12.3. The predicted octanol–water partition coefficient (Wildman–Crippen LogP) is 2.89. The van der Waals surface area contributed by atoms with Gasteiger partial charge >= 0.3 is 0 Å². The first-order valence-corrected chi connectivity index (χ1v) is 7.20. The molecule has 1 atom stereocenters. The van der Waals surface area contributed by atoms with Crippen molar-refractivity contribution in [1.82, 2.24) is 5.32 Å². The normalized spacial score (nSPS) is 14.0. The maximum atomic E-state index is 13.5. The second-order valence-electron chi connectivity index (χ2n) is 4.82. The lowest BCUT2D eigenvalue weighted by molar-refractivity contribution is 0.0604. The van der Waals surface area contributed by atoms with Crippen LogP contribution < -0.4 is 10.1 Å². The van der Waals surface area contributed by atoms with E-state index in [2.05, 4.69) is 5.32 Å². The van der Waals surface area contributed by atoms with Crippen LogP contribution in [0.4, 0.5) is 4.39 Å². The molecule has 0 fully saturated rings. The Bertz CT molecular complexity index is 555. The van der Waals surface area contributed by atoms with E-state index in [0.29, 0.717) is 13.1 Å². The summed E-state index contributed by atoms with van der Waals surface area (Å²) in [5.41, 5.74) is -0.107. The van der Waals surface area contributed by atoms with Gasteiger partial charge in [0.25, 0.3) is 0 Å². The van der Waals surface area contributed by atoms with E-state index in [9.17, 15) is 9.50 Å². The van der Waals surface area contributed by atoms with E-state index in [1.807, 2.05) is 17.5 Å². The smallest absolute Gasteiger partial charge is 0.165 e. The molecule has 2 N–H and O–H groups in total. The maximum absolute atomic E-state index is 13.5. The predicted molar refractivity (Wildman–Crippen MR) is 78.5 cm³/mol. The third-order valence-electron chi connectivity index (χ3n) is 3.07. The van der Waals surface area contributed by atoms with E-state index in [4.69, 9.17) is 4.74 Å². The molecule has 0 amide bonds. The zero-order valence-electron chi connectivity index (χ0n) is 11.5. The SMILES string of the molecule is COc1ccc(CNCC(C)(O)c2cccs2)cc1F. The highest BCUT2D eigenvalue weighted by Crippen LogP contribution is 2.24. The molecular weight excluding hydrogens is 277 g/mol. The first kappa shape index (κ1) is 15.0. The highest BCUT2D eigenvalue weighted by molar-refractivity contribution is 7.10. The standard InChI is InChI=1S/C15H18FNO2S/c1-15(18,14-4-3-7-20-14)10-17-9-11-5-6-13(19-2)12(16)8-11/h3-8,17-18H,9-10H2,1-2H3. The van der Waals surface area contributed by atoms with Crippen molar-refractivity contribution < 1.29 is 14.2 Å². The van der Waals surface area contributed by atoms with Gasteiger partial charge in [-0.2, -0.15) is 0 Å². The molecule has 1 aromatic carbocycles. The lowest BCUT2D eigenvalue weighted by atomic mass is 10.1. The molecule has 0 aliphatic heterocycles. The lowest BCUT2D eigenvalue weighted by Gasteiger charge is -2.22. The largest absolute Gasteiger partial charge is 0.494 e. The molecule has 0 aliphatic carbocycles. The van der Waals surface area contributed by atoms with Crippen molar-refractivity contribution in [3.05, 3.63) is 52.0 Å². The van der Waals surface area contributed by atoms with Crippen molar-refractivity contribution in [1.29, 1.82) is 0 Å². The van der Waals surface area contributed by atoms with E-state index in [0.717, 1.165) is 10.4 Å². The number of thiophene rings is 1. The molecular formula is C15H18FNO2S. The van der Waals surface area contributed by atoms with Crippen LogP contribution in [0, 0.1) is 5.82 Å². The summed E-state index contributed by atoms with van der Waals surface area (Å²) in [5, 5.41) is 15.4. The van der Waals surface area contributed by atoms with Crippen molar-refractivity contribution in [2.24, 2.45) is 0 Å². The van der Waals surface area contributed by atoms with E-state index in [1.54, 1.807) is 19.1 Å². The van der Waals surface area contributed by atoms with Crippen molar-refractivity contribution in [2.75, 3.05) is 13.7 Å². The third-order valence-corrected chi connectivity index (χ3v) is 4.19. The van der Waals surface area contributed by atoms with Gasteiger partial charge in [0.2, 0.25) is 0 Å². The van der Waals surface area contributed by atoms with Gasteiger partial charge in [-0.05, 0) is 36.1 Å². The minimum Gasteiger partial charge on any atom is -0.494 e. The van der Waals surface area contributed by atoms with Crippen LogP contribution in [-0.2, 0) is 12.1 Å². The van der Waals surface area contributed by atoms with Crippen molar-refractivity contribution >= 4 is 11.3 Å². The molecule has 108 valence electrons. The van der Waals surface area contributed by atoms with Crippen molar-refractivity contribution in [3.63, 3.8) is 0 Å². The number of methoxy groups -OCH3 is 1. The van der Waals surface area contributed by atoms with Crippen LogP contribution >= 0.6 is 11.3 Å². The fourth-order valence-electron chi connectivity index (χ4n) is 1.94. The molecule has 5 heteroatoms. The van der Waals surface area contributed by atoms with Gasteiger partial charge in [-0.25, -0.2) is 4.39 Å². The molecule has 0 saturated carbocycles. The van der Waals surface area contributed by atoms with Crippen LogP contribution in [0.2, 0.25) is 0 Å². The third kappa shape index (κ3) is 3.56. The Kier molecular flexibility index (Phi) is 4.75. The number of rotatable bonds is 6. The van der Waals surface area contributed by atoms with Crippen LogP contribution in [0.1, 0.15) is 17.4 Å². The van der Waals surface area contributed by atoms with E-state index < -0.39 is 5.60 Å². The Morgan fingerprint density at radius 1 is 1.40 bits per heavy atom. The second-order valence-corrected chi connectivity index (χ2v) is 5.77. The van der Waals surface area contributed by atoms with Gasteiger partial charge in [-0.1, -0.05) is 12.1 Å². The average molecular weight is 295 g/mol. The Morgan fingerprint density at radius 2 is 2.20 bits per heavy atom. The zero-order chi connectivity index (χ0) is 14.6. The number of halogens is 1. The number of hydrogen-bond donors (Lipinski definition) is 2. The molecule has 1 unspecified atom stereocenters. The van der Waals surface area contributed by atoms with Crippen LogP contribution in [-0.4, -0.2) is 18.8 Å². The molecule has 0 aliphatic rings. The molecule has 0 bridgehead atoms. The fraction of sp³-hybridized carbons (Fsp3) is 0.333. The Balaban J connectivity index is 1.91. The summed E-state index contributed by atoms with van der Waals surface area (Å²) in [4.78, 5) is 0.908. The summed E-state index contributed by atoms with van der Waals surface area (Å²) in [5.74, 6) is -0.142. The first-order valence-electron chi connectivity index (χ1n) is 6.32. The Hall–Kier alpha value is -1.43. The van der Waals surface area contributed by atoms with Gasteiger partial charge in [-0.3, -0.25) is 0 Å². The topological polar surface area (TPSA) is 41.5 Å². The van der Waals surface area contributed by atoms with Gasteiger partial charge in [0.15, 0.2) is 11.6 Å². The Labute approximate surface area is 122 Å². The minimum atomic E-state index is -0.917. The second kappa shape index (κ2) is 6.35. The summed E-state index contributed by atoms with van der Waals surface area (Å²) in [6.07, 6.45) is 0. The molecule has 1 aromatic heterocycles. The van der Waals surface area contributed by atoms with Crippen LogP contribution in [0.25, 0.3) is 0 Å². The molecule has 2 aromatic rings. The maximum Gasteiger partial charge on any atom is 0.165 e. The average Bonchev–Trinajstić information content (AvgIpc) is 2.93. The minimum absolute atomic E-state index is 0.235. The number of aliphatic hydroxyl groups is 1. The molecule has 3 nitrogen and oxygen atoms in total. The summed E-state index contributed by atoms with van der Waals surface area (Å²) in [6, 6.07) is 8.65. The monoisotopic (exact) mass is 295 g/mol. The van der Waals surface area contributed by atoms with E-state index in [-0.39, 0.29) is 11.6 Å². The summed E-state index contributed by atoms with van der Waals surface area (Å²) < 4.78 is 18.4. The van der Waals surface area contributed by atoms with Crippen LogP contribution in [0.5, 0.6) is 5.75 Å². The van der Waals surface area contributed by atoms with E-state index in [1.165, 1.54) is 24.5 Å². The Morgan fingerprint density at radius 3 is 2.80 bits per heavy atom. The lowest BCUT2D eigenvalue weighted by Crippen LogP contribution is -2.34. The highest BCUT2D eigenvalue weighted by Gasteiger charge is 2.23. The summed E-state index contributed by atoms with van der Waals surface area (Å²) in [6.45, 7) is 2.66. The summed E-state index contributed by atoms with van der Waals surface area (Å²) >= 11 is 1.52. The number of benzene rings is 1. The van der Waals surface area contributed by atoms with Gasteiger partial charge in [0.05, 0.1) is 7.11 Å². The number of ether oxygens (including phenoxy) is 1. The highest BCUT2D eigenvalue weighted by atomic mass is 32.1.